The van der Waals surface area contributed by atoms with Gasteiger partial charge in [0.05, 0.1) is 37.6 Å². The average molecular weight is 935 g/mol. The zero-order chi connectivity index (χ0) is 47.7. The highest BCUT2D eigenvalue weighted by Crippen LogP contribution is 2.36. The summed E-state index contributed by atoms with van der Waals surface area (Å²) in [5, 5.41) is 134. The van der Waals surface area contributed by atoms with Gasteiger partial charge in [-0.3, -0.25) is 9.59 Å². The summed E-state index contributed by atoms with van der Waals surface area (Å²) >= 11 is 0. The fourth-order valence-electron chi connectivity index (χ4n) is 8.03. The van der Waals surface area contributed by atoms with E-state index in [-0.39, 0.29) is 0 Å². The fourth-order valence-corrected chi connectivity index (χ4v) is 8.03. The molecule has 64 heavy (non-hydrogen) atoms. The highest BCUT2D eigenvalue weighted by atomic mass is 16.8. The van der Waals surface area contributed by atoms with Crippen molar-refractivity contribution < 1.29 is 118 Å². The zero-order valence-electron chi connectivity index (χ0n) is 36.3. The van der Waals surface area contributed by atoms with Gasteiger partial charge in [0.25, 0.3) is 0 Å². The molecule has 14 N–H and O–H groups in total. The van der Waals surface area contributed by atoms with E-state index in [0.29, 0.717) is 0 Å². The van der Waals surface area contributed by atoms with Crippen molar-refractivity contribution in [1.82, 2.24) is 10.6 Å². The molecule has 5 fully saturated rings. The number of hydrogen-bond donors (Lipinski definition) is 14. The minimum atomic E-state index is -2.00. The Morgan fingerprint density at radius 1 is 0.484 bits per heavy atom. The third-order valence-corrected chi connectivity index (χ3v) is 11.5. The van der Waals surface area contributed by atoms with Gasteiger partial charge in [-0.15, -0.1) is 0 Å². The van der Waals surface area contributed by atoms with Crippen LogP contribution in [0.15, 0.2) is 0 Å². The molecule has 26 heteroatoms. The second-order valence-electron chi connectivity index (χ2n) is 17.6. The Kier molecular flexibility index (Phi) is 18.2. The first-order chi connectivity index (χ1) is 29.9. The zero-order valence-corrected chi connectivity index (χ0v) is 36.3. The van der Waals surface area contributed by atoms with E-state index in [1.54, 1.807) is 20.8 Å². The molecule has 5 heterocycles. The van der Waals surface area contributed by atoms with Crippen LogP contribution in [0.3, 0.4) is 0 Å². The summed E-state index contributed by atoms with van der Waals surface area (Å²) in [6.07, 6.45) is -38.8. The molecule has 26 nitrogen and oxygen atoms in total. The summed E-state index contributed by atoms with van der Waals surface area (Å²) in [5.41, 5.74) is -0.887. The molecular formula is C38H66N2O24. The lowest BCUT2D eigenvalue weighted by molar-refractivity contribution is -0.393. The molecule has 0 aromatic heterocycles. The van der Waals surface area contributed by atoms with E-state index < -0.39 is 191 Å². The quantitative estimate of drug-likeness (QED) is 0.0769. The van der Waals surface area contributed by atoms with Crippen molar-refractivity contribution in [3.8, 4) is 0 Å². The van der Waals surface area contributed by atoms with Gasteiger partial charge in [-0.05, 0) is 34.6 Å². The van der Waals surface area contributed by atoms with Gasteiger partial charge in [-0.2, -0.15) is 0 Å². The Morgan fingerprint density at radius 3 is 1.44 bits per heavy atom. The largest absolute Gasteiger partial charge is 0.394 e. The second kappa shape index (κ2) is 22.0. The van der Waals surface area contributed by atoms with Crippen LogP contribution in [-0.2, 0) is 57.0 Å². The van der Waals surface area contributed by atoms with Crippen LogP contribution in [0, 0.1) is 0 Å². The van der Waals surface area contributed by atoms with E-state index in [4.69, 9.17) is 47.4 Å². The number of aliphatic hydroxyl groups is 12. The normalized spacial score (nSPS) is 48.1. The SMILES string of the molecule is CC(=O)NC1[C@@H](OC(C)(C)C)OC(CO[C@H]2OC(CO)C(O[C@@H]3OC(CO)C(O)[C@H](O)C3OC3OC(C)[C@@H](O)C(O)[C@@H]3O)[C@H](O[C@@H]3OC(C)C(O)[C@@H](O)C3O)C2NC(C)=O)C(O)[C@@H]1O. The smallest absolute Gasteiger partial charge is 0.217 e. The van der Waals surface area contributed by atoms with E-state index in [1.165, 1.54) is 20.8 Å². The number of amides is 2. The average Bonchev–Trinajstić information content (AvgIpc) is 3.22. The molecule has 0 spiro atoms. The van der Waals surface area contributed by atoms with Gasteiger partial charge in [0.15, 0.2) is 31.5 Å². The highest BCUT2D eigenvalue weighted by molar-refractivity contribution is 5.73. The van der Waals surface area contributed by atoms with Gasteiger partial charge >= 0.3 is 0 Å². The first-order valence-electron chi connectivity index (χ1n) is 21.0. The van der Waals surface area contributed by atoms with E-state index in [2.05, 4.69) is 10.6 Å². The molecular weight excluding hydrogens is 868 g/mol. The van der Waals surface area contributed by atoms with Gasteiger partial charge in [0.2, 0.25) is 11.8 Å². The number of hydrogen-bond acceptors (Lipinski definition) is 24. The number of rotatable bonds is 14. The number of nitrogens with one attached hydrogen (secondary N) is 2. The molecule has 5 saturated heterocycles. The van der Waals surface area contributed by atoms with Crippen LogP contribution >= 0.6 is 0 Å². The number of aliphatic hydroxyl groups excluding tert-OH is 12. The summed E-state index contributed by atoms with van der Waals surface area (Å²) in [4.78, 5) is 24.9. The molecule has 0 radical (unpaired) electrons. The lowest BCUT2D eigenvalue weighted by Crippen LogP contribution is -2.70. The van der Waals surface area contributed by atoms with Gasteiger partial charge in [0.1, 0.15) is 110 Å². The minimum Gasteiger partial charge on any atom is -0.394 e. The van der Waals surface area contributed by atoms with Crippen molar-refractivity contribution in [2.24, 2.45) is 0 Å². The molecule has 5 aliphatic rings. The van der Waals surface area contributed by atoms with Crippen molar-refractivity contribution in [2.45, 2.75) is 207 Å². The predicted molar refractivity (Wildman–Crippen MR) is 206 cm³/mol. The molecule has 25 atom stereocenters. The molecule has 5 rings (SSSR count). The Balaban J connectivity index is 1.50. The first kappa shape index (κ1) is 53.0. The lowest BCUT2D eigenvalue weighted by atomic mass is 9.94. The Labute approximate surface area is 367 Å². The summed E-state index contributed by atoms with van der Waals surface area (Å²) < 4.78 is 59.6. The lowest BCUT2D eigenvalue weighted by Gasteiger charge is -2.51. The third-order valence-electron chi connectivity index (χ3n) is 11.5. The monoisotopic (exact) mass is 934 g/mol. The highest BCUT2D eigenvalue weighted by Gasteiger charge is 2.57. The van der Waals surface area contributed by atoms with Crippen LogP contribution in [0.25, 0.3) is 0 Å². The fraction of sp³-hybridized carbons (Fsp3) is 0.947. The number of carbonyl (C=O) groups excluding carboxylic acids is 2. The Morgan fingerprint density at radius 2 is 0.938 bits per heavy atom. The van der Waals surface area contributed by atoms with E-state index >= 15 is 0 Å². The molecule has 2 amide bonds. The van der Waals surface area contributed by atoms with Crippen molar-refractivity contribution in [3.63, 3.8) is 0 Å². The van der Waals surface area contributed by atoms with Gasteiger partial charge < -0.3 is 119 Å². The summed E-state index contributed by atoms with van der Waals surface area (Å²) in [5.74, 6) is -1.31. The van der Waals surface area contributed by atoms with Crippen LogP contribution in [0.5, 0.6) is 0 Å². The summed E-state index contributed by atoms with van der Waals surface area (Å²) in [6, 6.07) is -2.82. The molecule has 0 aromatic carbocycles. The Bertz CT molecular complexity index is 1510. The maximum absolute atomic E-state index is 12.9. The van der Waals surface area contributed by atoms with Crippen LogP contribution in [-0.4, -0.2) is 252 Å². The first-order valence-corrected chi connectivity index (χ1v) is 21.0. The molecule has 0 aromatic rings. The van der Waals surface area contributed by atoms with Crippen LogP contribution < -0.4 is 10.6 Å². The van der Waals surface area contributed by atoms with E-state index in [1.807, 2.05) is 0 Å². The van der Waals surface area contributed by atoms with E-state index in [0.717, 1.165) is 6.92 Å². The van der Waals surface area contributed by atoms with E-state index in [9.17, 15) is 70.9 Å². The van der Waals surface area contributed by atoms with Crippen molar-refractivity contribution in [2.75, 3.05) is 19.8 Å². The number of ether oxygens (including phenoxy) is 10. The predicted octanol–water partition coefficient (Wildman–Crippen LogP) is -7.76. The molecule has 0 aliphatic carbocycles. The topological polar surface area (TPSA) is 393 Å². The molecule has 5 aliphatic heterocycles. The second-order valence-corrected chi connectivity index (χ2v) is 17.6. The van der Waals surface area contributed by atoms with Crippen LogP contribution in [0.4, 0.5) is 0 Å². The summed E-state index contributed by atoms with van der Waals surface area (Å²) in [7, 11) is 0. The van der Waals surface area contributed by atoms with Crippen LogP contribution in [0.1, 0.15) is 48.5 Å². The van der Waals surface area contributed by atoms with Crippen molar-refractivity contribution >= 4 is 11.8 Å². The molecule has 0 saturated carbocycles. The third kappa shape index (κ3) is 12.0. The van der Waals surface area contributed by atoms with Gasteiger partial charge in [-0.1, -0.05) is 0 Å². The standard InChI is InChI=1S/C38H66N2O24/c1-11-20(45)25(50)28(53)35(56-11)62-31-19(40-14(4)44)33(55-10-17-23(48)24(49)18(39-13(3)43)34(60-17)64-38(5,6)7)59-16(9-42)30(31)61-37-32(27(52)22(47)15(8-41)58-37)63-36-29(54)26(51)21(46)12(2)57-36/h11-12,15-37,41-42,45-54H,8-10H2,1-7H3,(H,39,43)(H,40,44)/t11?,12?,15?,16?,17?,18?,19?,20?,21-,22?,23?,24-,25-,26?,27+,28?,29+,30?,31-,32?,33+,34-,35+,36?,37+/m1/s1. The van der Waals surface area contributed by atoms with Crippen molar-refractivity contribution in [3.05, 3.63) is 0 Å². The van der Waals surface area contributed by atoms with Gasteiger partial charge in [-0.25, -0.2) is 0 Å². The van der Waals surface area contributed by atoms with Gasteiger partial charge in [0, 0.05) is 13.8 Å². The maximum Gasteiger partial charge on any atom is 0.217 e. The maximum atomic E-state index is 12.9. The Hall–Kier alpha value is -1.94. The molecule has 372 valence electrons. The molecule has 0 bridgehead atoms. The summed E-state index contributed by atoms with van der Waals surface area (Å²) in [6.45, 7) is 7.55. The molecule has 15 unspecified atom stereocenters. The van der Waals surface area contributed by atoms with Crippen molar-refractivity contribution in [1.29, 1.82) is 0 Å². The number of carbonyl (C=O) groups is 2. The minimum absolute atomic E-state index is 0.561. The van der Waals surface area contributed by atoms with Crippen LogP contribution in [0.2, 0.25) is 0 Å².